The van der Waals surface area contributed by atoms with Crippen molar-refractivity contribution in [1.82, 2.24) is 5.43 Å². The first-order chi connectivity index (χ1) is 7.33. The Kier molecular flexibility index (Phi) is 5.08. The standard InChI is InChI=1S/C13H20N2/c1-3-8-13(15-14)12(4-2)11-9-6-5-7-10-11/h3,5-7,9-10,12-13,15H,1,4,8,14H2,2H3. The van der Waals surface area contributed by atoms with Crippen molar-refractivity contribution in [3.05, 3.63) is 48.6 Å². The number of rotatable bonds is 6. The number of hydrogen-bond acceptors (Lipinski definition) is 2. The van der Waals surface area contributed by atoms with Gasteiger partial charge in [0.2, 0.25) is 0 Å². The van der Waals surface area contributed by atoms with Crippen molar-refractivity contribution >= 4 is 0 Å². The van der Waals surface area contributed by atoms with E-state index in [0.29, 0.717) is 5.92 Å². The molecule has 2 nitrogen and oxygen atoms in total. The van der Waals surface area contributed by atoms with Gasteiger partial charge < -0.3 is 0 Å². The summed E-state index contributed by atoms with van der Waals surface area (Å²) in [6.07, 6.45) is 3.88. The molecule has 0 saturated carbocycles. The molecule has 0 aromatic heterocycles. The Balaban J connectivity index is 2.82. The first kappa shape index (κ1) is 12.0. The molecule has 0 fully saturated rings. The van der Waals surface area contributed by atoms with Crippen molar-refractivity contribution in [3.8, 4) is 0 Å². The van der Waals surface area contributed by atoms with Crippen LogP contribution < -0.4 is 11.3 Å². The number of nitrogens with one attached hydrogen (secondary N) is 1. The van der Waals surface area contributed by atoms with Gasteiger partial charge >= 0.3 is 0 Å². The van der Waals surface area contributed by atoms with Gasteiger partial charge in [-0.1, -0.05) is 43.3 Å². The van der Waals surface area contributed by atoms with Gasteiger partial charge in [0.15, 0.2) is 0 Å². The largest absolute Gasteiger partial charge is 0.271 e. The van der Waals surface area contributed by atoms with Crippen LogP contribution in [0.4, 0.5) is 0 Å². The van der Waals surface area contributed by atoms with E-state index in [4.69, 9.17) is 5.84 Å². The molecule has 15 heavy (non-hydrogen) atoms. The lowest BCUT2D eigenvalue weighted by atomic mass is 9.88. The van der Waals surface area contributed by atoms with E-state index in [1.165, 1.54) is 5.56 Å². The minimum atomic E-state index is 0.273. The molecular formula is C13H20N2. The maximum atomic E-state index is 5.57. The Hall–Kier alpha value is -1.12. The van der Waals surface area contributed by atoms with Crippen LogP contribution >= 0.6 is 0 Å². The summed E-state index contributed by atoms with van der Waals surface area (Å²) in [7, 11) is 0. The van der Waals surface area contributed by atoms with Gasteiger partial charge in [-0.15, -0.1) is 6.58 Å². The van der Waals surface area contributed by atoms with E-state index in [9.17, 15) is 0 Å². The molecular weight excluding hydrogens is 184 g/mol. The van der Waals surface area contributed by atoms with E-state index < -0.39 is 0 Å². The Bertz CT molecular complexity index is 282. The highest BCUT2D eigenvalue weighted by Gasteiger charge is 2.18. The van der Waals surface area contributed by atoms with Crippen molar-refractivity contribution in [2.24, 2.45) is 5.84 Å². The first-order valence-electron chi connectivity index (χ1n) is 5.45. The van der Waals surface area contributed by atoms with Crippen LogP contribution in [0.1, 0.15) is 31.2 Å². The zero-order chi connectivity index (χ0) is 11.1. The van der Waals surface area contributed by atoms with E-state index in [1.807, 2.05) is 12.1 Å². The van der Waals surface area contributed by atoms with Gasteiger partial charge in [0.25, 0.3) is 0 Å². The second kappa shape index (κ2) is 6.38. The van der Waals surface area contributed by atoms with E-state index in [0.717, 1.165) is 12.8 Å². The van der Waals surface area contributed by atoms with Gasteiger partial charge in [0.1, 0.15) is 0 Å². The molecule has 1 rings (SSSR count). The molecule has 0 spiro atoms. The summed E-state index contributed by atoms with van der Waals surface area (Å²) in [6, 6.07) is 10.8. The zero-order valence-electron chi connectivity index (χ0n) is 9.32. The number of hydrazine groups is 1. The van der Waals surface area contributed by atoms with Crippen molar-refractivity contribution in [2.75, 3.05) is 0 Å². The maximum absolute atomic E-state index is 5.57. The van der Waals surface area contributed by atoms with E-state index in [2.05, 4.69) is 43.2 Å². The summed E-state index contributed by atoms with van der Waals surface area (Å²) in [6.45, 7) is 5.95. The van der Waals surface area contributed by atoms with E-state index >= 15 is 0 Å². The summed E-state index contributed by atoms with van der Waals surface area (Å²) in [4.78, 5) is 0. The minimum Gasteiger partial charge on any atom is -0.271 e. The normalized spacial score (nSPS) is 14.5. The summed E-state index contributed by atoms with van der Waals surface area (Å²) in [5.74, 6) is 6.03. The SMILES string of the molecule is C=CCC(NN)C(CC)c1ccccc1. The van der Waals surface area contributed by atoms with Crippen LogP contribution in [-0.2, 0) is 0 Å². The van der Waals surface area contributed by atoms with Gasteiger partial charge in [-0.3, -0.25) is 11.3 Å². The molecule has 1 aromatic rings. The fourth-order valence-electron chi connectivity index (χ4n) is 1.98. The Morgan fingerprint density at radius 2 is 2.07 bits per heavy atom. The smallest absolute Gasteiger partial charge is 0.0313 e. The van der Waals surface area contributed by atoms with Crippen LogP contribution in [0.5, 0.6) is 0 Å². The second-order valence-electron chi connectivity index (χ2n) is 3.72. The highest BCUT2D eigenvalue weighted by molar-refractivity contribution is 5.21. The van der Waals surface area contributed by atoms with E-state index in [1.54, 1.807) is 0 Å². The fraction of sp³-hybridized carbons (Fsp3) is 0.385. The molecule has 1 aromatic carbocycles. The van der Waals surface area contributed by atoms with Gasteiger partial charge in [-0.05, 0) is 18.4 Å². The van der Waals surface area contributed by atoms with Crippen LogP contribution in [-0.4, -0.2) is 6.04 Å². The van der Waals surface area contributed by atoms with Gasteiger partial charge in [-0.25, -0.2) is 0 Å². The van der Waals surface area contributed by atoms with Crippen LogP contribution in [0.15, 0.2) is 43.0 Å². The van der Waals surface area contributed by atoms with Crippen molar-refractivity contribution < 1.29 is 0 Å². The minimum absolute atomic E-state index is 0.273. The highest BCUT2D eigenvalue weighted by atomic mass is 15.2. The topological polar surface area (TPSA) is 38.0 Å². The summed E-state index contributed by atoms with van der Waals surface area (Å²) >= 11 is 0. The Morgan fingerprint density at radius 1 is 1.40 bits per heavy atom. The molecule has 0 aliphatic heterocycles. The fourth-order valence-corrected chi connectivity index (χ4v) is 1.98. The zero-order valence-corrected chi connectivity index (χ0v) is 9.32. The monoisotopic (exact) mass is 204 g/mol. The maximum Gasteiger partial charge on any atom is 0.0313 e. The molecule has 2 atom stereocenters. The lowest BCUT2D eigenvalue weighted by Gasteiger charge is -2.25. The molecule has 2 heteroatoms. The van der Waals surface area contributed by atoms with E-state index in [-0.39, 0.29) is 6.04 Å². The quantitative estimate of drug-likeness (QED) is 0.424. The summed E-state index contributed by atoms with van der Waals surface area (Å²) < 4.78 is 0. The summed E-state index contributed by atoms with van der Waals surface area (Å²) in [5.41, 5.74) is 4.22. The second-order valence-corrected chi connectivity index (χ2v) is 3.72. The van der Waals surface area contributed by atoms with Gasteiger partial charge in [-0.2, -0.15) is 0 Å². The number of nitrogens with two attached hydrogens (primary N) is 1. The van der Waals surface area contributed by atoms with Crippen LogP contribution in [0, 0.1) is 0 Å². The third kappa shape index (κ3) is 3.18. The van der Waals surface area contributed by atoms with Gasteiger partial charge in [0, 0.05) is 12.0 Å². The highest BCUT2D eigenvalue weighted by Crippen LogP contribution is 2.24. The average molecular weight is 204 g/mol. The average Bonchev–Trinajstić information content (AvgIpc) is 2.30. The third-order valence-corrected chi connectivity index (χ3v) is 2.79. The molecule has 0 aliphatic carbocycles. The number of benzene rings is 1. The summed E-state index contributed by atoms with van der Waals surface area (Å²) in [5, 5.41) is 0. The lowest BCUT2D eigenvalue weighted by molar-refractivity contribution is 0.433. The van der Waals surface area contributed by atoms with Crippen LogP contribution in [0.3, 0.4) is 0 Å². The van der Waals surface area contributed by atoms with Crippen LogP contribution in [0.2, 0.25) is 0 Å². The first-order valence-corrected chi connectivity index (χ1v) is 5.45. The molecule has 0 bridgehead atoms. The molecule has 0 radical (unpaired) electrons. The molecule has 0 saturated heterocycles. The third-order valence-electron chi connectivity index (χ3n) is 2.79. The Morgan fingerprint density at radius 3 is 2.53 bits per heavy atom. The Labute approximate surface area is 92.2 Å². The van der Waals surface area contributed by atoms with Gasteiger partial charge in [0.05, 0.1) is 0 Å². The van der Waals surface area contributed by atoms with Crippen molar-refractivity contribution in [2.45, 2.75) is 31.7 Å². The molecule has 0 aliphatic rings. The number of hydrogen-bond donors (Lipinski definition) is 2. The predicted octanol–water partition coefficient (Wildman–Crippen LogP) is 2.59. The predicted molar refractivity (Wildman–Crippen MR) is 65.4 cm³/mol. The molecule has 0 amide bonds. The molecule has 3 N–H and O–H groups in total. The molecule has 2 unspecified atom stereocenters. The lowest BCUT2D eigenvalue weighted by Crippen LogP contribution is -2.39. The molecule has 82 valence electrons. The van der Waals surface area contributed by atoms with Crippen LogP contribution in [0.25, 0.3) is 0 Å². The van der Waals surface area contributed by atoms with Crippen molar-refractivity contribution in [3.63, 3.8) is 0 Å². The van der Waals surface area contributed by atoms with Crippen molar-refractivity contribution in [1.29, 1.82) is 0 Å². The molecule has 0 heterocycles.